The van der Waals surface area contributed by atoms with Crippen LogP contribution in [0.2, 0.25) is 0 Å². The summed E-state index contributed by atoms with van der Waals surface area (Å²) in [6.07, 6.45) is 5.68. The number of esters is 1. The van der Waals surface area contributed by atoms with Gasteiger partial charge in [0.2, 0.25) is 0 Å². The Morgan fingerprint density at radius 3 is 3.00 bits per heavy atom. The number of ether oxygens (including phenoxy) is 1. The lowest BCUT2D eigenvalue weighted by molar-refractivity contribution is -0.154. The molecule has 1 fully saturated rings. The number of aromatic nitrogens is 4. The highest BCUT2D eigenvalue weighted by Gasteiger charge is 2.49. The van der Waals surface area contributed by atoms with E-state index in [1.54, 1.807) is 6.20 Å². The Kier molecular flexibility index (Phi) is 2.50. The lowest BCUT2D eigenvalue weighted by Crippen LogP contribution is -2.44. The Balaban J connectivity index is 2.03. The van der Waals surface area contributed by atoms with Gasteiger partial charge in [-0.1, -0.05) is 6.42 Å². The second kappa shape index (κ2) is 4.04. The number of hydrogen-bond donors (Lipinski definition) is 1. The van der Waals surface area contributed by atoms with Crippen LogP contribution >= 0.6 is 0 Å². The molecule has 1 N–H and O–H groups in total. The number of nitrogens with zero attached hydrogens (tertiary/aromatic N) is 3. The first-order chi connectivity index (χ1) is 8.76. The van der Waals surface area contributed by atoms with E-state index in [0.29, 0.717) is 18.1 Å². The number of hydrogen-bond acceptors (Lipinski definition) is 5. The van der Waals surface area contributed by atoms with E-state index >= 15 is 0 Å². The van der Waals surface area contributed by atoms with Crippen molar-refractivity contribution >= 4 is 17.1 Å². The van der Waals surface area contributed by atoms with Gasteiger partial charge in [-0.15, -0.1) is 0 Å². The van der Waals surface area contributed by atoms with Gasteiger partial charge >= 0.3 is 5.97 Å². The van der Waals surface area contributed by atoms with Gasteiger partial charge in [-0.2, -0.15) is 0 Å². The fraction of sp³-hybridized carbons (Fsp3) is 0.500. The number of nitrogens with one attached hydrogen (secondary N) is 1. The molecule has 6 heteroatoms. The molecule has 2 aromatic rings. The maximum absolute atomic E-state index is 12.1. The monoisotopic (exact) mass is 246 g/mol. The highest BCUT2D eigenvalue weighted by Crippen LogP contribution is 2.43. The molecule has 94 valence electrons. The van der Waals surface area contributed by atoms with Gasteiger partial charge in [0.15, 0.2) is 5.65 Å². The van der Waals surface area contributed by atoms with Crippen molar-refractivity contribution in [1.29, 1.82) is 0 Å². The van der Waals surface area contributed by atoms with Gasteiger partial charge in [-0.3, -0.25) is 4.79 Å². The highest BCUT2D eigenvalue weighted by atomic mass is 16.5. The highest BCUT2D eigenvalue weighted by molar-refractivity contribution is 5.84. The first-order valence-electron chi connectivity index (χ1n) is 6.10. The quantitative estimate of drug-likeness (QED) is 0.826. The molecular weight excluding hydrogens is 232 g/mol. The van der Waals surface area contributed by atoms with Crippen molar-refractivity contribution in [2.75, 3.05) is 6.61 Å². The van der Waals surface area contributed by atoms with Crippen LogP contribution in [0.15, 0.2) is 12.5 Å². The number of rotatable bonds is 3. The SMILES string of the molecule is CCOC(=O)C1(c2nc3ncncc3[nH]2)CCC1. The van der Waals surface area contributed by atoms with Crippen LogP contribution in [0.25, 0.3) is 11.2 Å². The summed E-state index contributed by atoms with van der Waals surface area (Å²) < 4.78 is 5.16. The molecule has 1 saturated carbocycles. The topological polar surface area (TPSA) is 80.8 Å². The number of carbonyl (C=O) groups excluding carboxylic acids is 1. The molecule has 0 spiro atoms. The van der Waals surface area contributed by atoms with E-state index in [4.69, 9.17) is 4.74 Å². The number of imidazole rings is 1. The van der Waals surface area contributed by atoms with Crippen molar-refractivity contribution in [2.24, 2.45) is 0 Å². The van der Waals surface area contributed by atoms with Crippen LogP contribution < -0.4 is 0 Å². The fourth-order valence-corrected chi connectivity index (χ4v) is 2.33. The summed E-state index contributed by atoms with van der Waals surface area (Å²) in [5.41, 5.74) is 0.745. The third kappa shape index (κ3) is 1.48. The second-order valence-electron chi connectivity index (χ2n) is 4.50. The van der Waals surface area contributed by atoms with E-state index in [2.05, 4.69) is 19.9 Å². The van der Waals surface area contributed by atoms with E-state index in [-0.39, 0.29) is 5.97 Å². The van der Waals surface area contributed by atoms with Crippen LogP contribution in [-0.4, -0.2) is 32.5 Å². The van der Waals surface area contributed by atoms with Gasteiger partial charge < -0.3 is 9.72 Å². The molecule has 0 radical (unpaired) electrons. The zero-order valence-electron chi connectivity index (χ0n) is 10.1. The lowest BCUT2D eigenvalue weighted by Gasteiger charge is -2.37. The molecule has 2 heterocycles. The largest absolute Gasteiger partial charge is 0.465 e. The molecule has 0 saturated heterocycles. The maximum Gasteiger partial charge on any atom is 0.319 e. The molecule has 0 amide bonds. The summed E-state index contributed by atoms with van der Waals surface area (Å²) >= 11 is 0. The van der Waals surface area contributed by atoms with Gasteiger partial charge in [-0.05, 0) is 19.8 Å². The third-order valence-electron chi connectivity index (χ3n) is 3.49. The summed E-state index contributed by atoms with van der Waals surface area (Å²) in [4.78, 5) is 27.7. The van der Waals surface area contributed by atoms with Crippen molar-refractivity contribution in [1.82, 2.24) is 19.9 Å². The van der Waals surface area contributed by atoms with Gasteiger partial charge in [0.25, 0.3) is 0 Å². The minimum atomic E-state index is -0.600. The van der Waals surface area contributed by atoms with E-state index in [1.165, 1.54) is 6.33 Å². The van der Waals surface area contributed by atoms with Crippen molar-refractivity contribution in [2.45, 2.75) is 31.6 Å². The standard InChI is InChI=1S/C12H14N4O2/c1-2-18-11(17)12(4-3-5-12)10-15-8-6-13-7-14-9(8)16-10/h6-7H,2-5H2,1H3,(H,13,14,15,16). The van der Waals surface area contributed by atoms with Crippen LogP contribution in [0.1, 0.15) is 32.0 Å². The fourth-order valence-electron chi connectivity index (χ4n) is 2.33. The zero-order valence-corrected chi connectivity index (χ0v) is 10.1. The predicted molar refractivity (Wildman–Crippen MR) is 63.8 cm³/mol. The molecule has 1 aliphatic carbocycles. The Morgan fingerprint density at radius 2 is 2.39 bits per heavy atom. The first kappa shape index (κ1) is 11.1. The number of H-pyrrole nitrogens is 1. The van der Waals surface area contributed by atoms with Crippen molar-refractivity contribution in [3.8, 4) is 0 Å². The Hall–Kier alpha value is -1.98. The van der Waals surface area contributed by atoms with E-state index in [1.807, 2.05) is 6.92 Å². The maximum atomic E-state index is 12.1. The van der Waals surface area contributed by atoms with Crippen molar-refractivity contribution in [3.63, 3.8) is 0 Å². The predicted octanol–water partition coefficient (Wildman–Crippen LogP) is 1.34. The molecule has 0 aliphatic heterocycles. The summed E-state index contributed by atoms with van der Waals surface area (Å²) in [6.45, 7) is 2.20. The minimum Gasteiger partial charge on any atom is -0.465 e. The van der Waals surface area contributed by atoms with Crippen molar-refractivity contribution < 1.29 is 9.53 Å². The van der Waals surface area contributed by atoms with E-state index in [0.717, 1.165) is 24.8 Å². The summed E-state index contributed by atoms with van der Waals surface area (Å²) in [5, 5.41) is 0. The minimum absolute atomic E-state index is 0.191. The van der Waals surface area contributed by atoms with E-state index < -0.39 is 5.41 Å². The molecule has 1 aliphatic rings. The van der Waals surface area contributed by atoms with Crippen molar-refractivity contribution in [3.05, 3.63) is 18.3 Å². The lowest BCUT2D eigenvalue weighted by atomic mass is 9.68. The summed E-state index contributed by atoms with van der Waals surface area (Å²) in [7, 11) is 0. The van der Waals surface area contributed by atoms with Crippen LogP contribution in [0.4, 0.5) is 0 Å². The Labute approximate surface area is 104 Å². The first-order valence-corrected chi connectivity index (χ1v) is 6.10. The molecule has 3 rings (SSSR count). The normalized spacial score (nSPS) is 17.4. The molecule has 0 atom stereocenters. The molecule has 2 aromatic heterocycles. The number of carbonyl (C=O) groups is 1. The summed E-state index contributed by atoms with van der Waals surface area (Å²) in [6, 6.07) is 0. The Morgan fingerprint density at radius 1 is 1.56 bits per heavy atom. The van der Waals surface area contributed by atoms with Gasteiger partial charge in [0.05, 0.1) is 12.8 Å². The van der Waals surface area contributed by atoms with E-state index in [9.17, 15) is 4.79 Å². The average molecular weight is 246 g/mol. The van der Waals surface area contributed by atoms with Crippen LogP contribution in [-0.2, 0) is 14.9 Å². The number of fused-ring (bicyclic) bond motifs is 1. The smallest absolute Gasteiger partial charge is 0.319 e. The van der Waals surface area contributed by atoms with Gasteiger partial charge in [0.1, 0.15) is 23.1 Å². The van der Waals surface area contributed by atoms with Crippen LogP contribution in [0, 0.1) is 0 Å². The average Bonchev–Trinajstić information content (AvgIpc) is 2.71. The molecule has 6 nitrogen and oxygen atoms in total. The van der Waals surface area contributed by atoms with Gasteiger partial charge in [-0.25, -0.2) is 15.0 Å². The number of aromatic amines is 1. The van der Waals surface area contributed by atoms with Crippen LogP contribution in [0.3, 0.4) is 0 Å². The molecule has 18 heavy (non-hydrogen) atoms. The molecule has 0 aromatic carbocycles. The van der Waals surface area contributed by atoms with Crippen LogP contribution in [0.5, 0.6) is 0 Å². The zero-order chi connectivity index (χ0) is 12.6. The molecular formula is C12H14N4O2. The summed E-state index contributed by atoms with van der Waals surface area (Å²) in [5.74, 6) is 0.464. The molecule has 0 unspecified atom stereocenters. The molecule has 0 bridgehead atoms. The Bertz CT molecular complexity index is 556. The third-order valence-corrected chi connectivity index (χ3v) is 3.49. The van der Waals surface area contributed by atoms with Gasteiger partial charge in [0, 0.05) is 0 Å². The second-order valence-corrected chi connectivity index (χ2v) is 4.50.